The molecule has 12 heavy (non-hydrogen) atoms. The molecule has 0 aromatic heterocycles. The Hall–Kier alpha value is -0.0800. The quantitative estimate of drug-likeness (QED) is 0.668. The molecule has 0 aliphatic rings. The Morgan fingerprint density at radius 2 is 1.33 bits per heavy atom. The maximum atomic E-state index is 10.3. The van der Waals surface area contributed by atoms with Gasteiger partial charge in [0.25, 0.3) is 0 Å². The van der Waals surface area contributed by atoms with Crippen molar-refractivity contribution >= 4 is 0 Å². The summed E-state index contributed by atoms with van der Waals surface area (Å²) in [5.74, 6) is 0. The van der Waals surface area contributed by atoms with E-state index in [1.807, 2.05) is 41.5 Å². The Morgan fingerprint density at radius 1 is 1.00 bits per heavy atom. The molecule has 0 aliphatic heterocycles. The normalized spacial score (nSPS) is 19.0. The molecule has 0 amide bonds. The van der Waals surface area contributed by atoms with Crippen LogP contribution >= 0.6 is 0 Å². The Labute approximate surface area is 76.2 Å². The summed E-state index contributed by atoms with van der Waals surface area (Å²) < 4.78 is 0. The van der Waals surface area contributed by atoms with Crippen LogP contribution in [0.5, 0.6) is 0 Å². The molecule has 0 aromatic rings. The summed E-state index contributed by atoms with van der Waals surface area (Å²) in [6.45, 7) is 12.5. The van der Waals surface area contributed by atoms with Crippen molar-refractivity contribution in [2.75, 3.05) is 6.54 Å². The molecule has 0 saturated carbocycles. The van der Waals surface area contributed by atoms with Gasteiger partial charge in [-0.25, -0.2) is 0 Å². The summed E-state index contributed by atoms with van der Waals surface area (Å²) in [7, 11) is 0. The lowest BCUT2D eigenvalue weighted by Crippen LogP contribution is -2.54. The van der Waals surface area contributed by atoms with Crippen molar-refractivity contribution in [3.63, 3.8) is 0 Å². The minimum Gasteiger partial charge on any atom is -0.389 e. The predicted molar refractivity (Wildman–Crippen MR) is 52.9 cm³/mol. The van der Waals surface area contributed by atoms with Crippen LogP contribution in [0, 0.1) is 10.8 Å². The summed E-state index contributed by atoms with van der Waals surface area (Å²) >= 11 is 0. The third kappa shape index (κ3) is 1.80. The van der Waals surface area contributed by atoms with Gasteiger partial charge in [-0.1, -0.05) is 34.6 Å². The second kappa shape index (κ2) is 3.00. The smallest absolute Gasteiger partial charge is 0.0730 e. The average molecular weight is 173 g/mol. The largest absolute Gasteiger partial charge is 0.389 e. The standard InChI is InChI=1S/C10H23NO/c1-8(2,3)10(6,12)9(4,5)7-11/h12H,7,11H2,1-6H3. The molecule has 0 bridgehead atoms. The molecule has 0 aromatic carbocycles. The van der Waals surface area contributed by atoms with E-state index >= 15 is 0 Å². The van der Waals surface area contributed by atoms with Crippen molar-refractivity contribution in [2.24, 2.45) is 16.6 Å². The van der Waals surface area contributed by atoms with Crippen molar-refractivity contribution < 1.29 is 5.11 Å². The first-order valence-electron chi connectivity index (χ1n) is 4.49. The van der Waals surface area contributed by atoms with Gasteiger partial charge in [-0.15, -0.1) is 0 Å². The Kier molecular flexibility index (Phi) is 2.98. The van der Waals surface area contributed by atoms with Crippen LogP contribution in [0.1, 0.15) is 41.5 Å². The summed E-state index contributed by atoms with van der Waals surface area (Å²) in [4.78, 5) is 0. The van der Waals surface area contributed by atoms with Gasteiger partial charge in [0.2, 0.25) is 0 Å². The highest BCUT2D eigenvalue weighted by Gasteiger charge is 2.46. The molecule has 0 radical (unpaired) electrons. The maximum absolute atomic E-state index is 10.3. The molecule has 2 nitrogen and oxygen atoms in total. The van der Waals surface area contributed by atoms with E-state index in [1.54, 1.807) is 0 Å². The highest BCUT2D eigenvalue weighted by molar-refractivity contribution is 4.98. The third-order valence-corrected chi connectivity index (χ3v) is 3.29. The van der Waals surface area contributed by atoms with Crippen LogP contribution in [0.4, 0.5) is 0 Å². The summed E-state index contributed by atoms with van der Waals surface area (Å²) in [6, 6.07) is 0. The second-order valence-electron chi connectivity index (χ2n) is 5.41. The predicted octanol–water partition coefficient (Wildman–Crippen LogP) is 1.77. The molecule has 2 heteroatoms. The van der Waals surface area contributed by atoms with E-state index in [0.29, 0.717) is 6.54 Å². The highest BCUT2D eigenvalue weighted by Crippen LogP contribution is 2.42. The monoisotopic (exact) mass is 173 g/mol. The summed E-state index contributed by atoms with van der Waals surface area (Å²) in [5, 5.41) is 10.3. The van der Waals surface area contributed by atoms with Crippen LogP contribution in [0.25, 0.3) is 0 Å². The van der Waals surface area contributed by atoms with E-state index in [1.165, 1.54) is 0 Å². The summed E-state index contributed by atoms with van der Waals surface area (Å²) in [5.41, 5.74) is 4.50. The van der Waals surface area contributed by atoms with Gasteiger partial charge < -0.3 is 10.8 Å². The molecule has 0 rings (SSSR count). The van der Waals surface area contributed by atoms with Crippen molar-refractivity contribution in [2.45, 2.75) is 47.1 Å². The zero-order chi connectivity index (χ0) is 10.2. The summed E-state index contributed by atoms with van der Waals surface area (Å²) in [6.07, 6.45) is 0. The van der Waals surface area contributed by atoms with Crippen LogP contribution in [0.3, 0.4) is 0 Å². The number of aliphatic hydroxyl groups is 1. The molecule has 0 heterocycles. The Bertz CT molecular complexity index is 154. The molecule has 0 spiro atoms. The lowest BCUT2D eigenvalue weighted by atomic mass is 9.63. The van der Waals surface area contributed by atoms with Crippen LogP contribution in [-0.4, -0.2) is 17.3 Å². The first-order chi connectivity index (χ1) is 5.06. The van der Waals surface area contributed by atoms with Gasteiger partial charge in [0.1, 0.15) is 0 Å². The molecule has 74 valence electrons. The van der Waals surface area contributed by atoms with Gasteiger partial charge >= 0.3 is 0 Å². The molecular weight excluding hydrogens is 150 g/mol. The van der Waals surface area contributed by atoms with E-state index in [9.17, 15) is 5.11 Å². The van der Waals surface area contributed by atoms with Crippen LogP contribution in [0.15, 0.2) is 0 Å². The first kappa shape index (κ1) is 11.9. The van der Waals surface area contributed by atoms with Crippen LogP contribution in [-0.2, 0) is 0 Å². The molecule has 1 unspecified atom stereocenters. The van der Waals surface area contributed by atoms with Crippen molar-refractivity contribution in [3.05, 3.63) is 0 Å². The third-order valence-electron chi connectivity index (χ3n) is 3.29. The molecule has 3 N–H and O–H groups in total. The van der Waals surface area contributed by atoms with Crippen LogP contribution in [0.2, 0.25) is 0 Å². The Morgan fingerprint density at radius 3 is 1.42 bits per heavy atom. The van der Waals surface area contributed by atoms with Gasteiger partial charge in [0.05, 0.1) is 5.60 Å². The molecular formula is C10H23NO. The van der Waals surface area contributed by atoms with Gasteiger partial charge in [0.15, 0.2) is 0 Å². The average Bonchev–Trinajstić information content (AvgIpc) is 1.85. The zero-order valence-corrected chi connectivity index (χ0v) is 9.23. The Balaban J connectivity index is 4.85. The SMILES string of the molecule is CC(C)(C)C(C)(O)C(C)(C)CN. The van der Waals surface area contributed by atoms with E-state index < -0.39 is 5.60 Å². The lowest BCUT2D eigenvalue weighted by molar-refractivity contribution is -0.125. The van der Waals surface area contributed by atoms with Gasteiger partial charge in [-0.2, -0.15) is 0 Å². The van der Waals surface area contributed by atoms with E-state index in [0.717, 1.165) is 0 Å². The molecule has 0 fully saturated rings. The van der Waals surface area contributed by atoms with Gasteiger partial charge in [0, 0.05) is 12.0 Å². The number of nitrogens with two attached hydrogens (primary N) is 1. The van der Waals surface area contributed by atoms with Gasteiger partial charge in [-0.3, -0.25) is 0 Å². The maximum Gasteiger partial charge on any atom is 0.0730 e. The molecule has 0 saturated heterocycles. The van der Waals surface area contributed by atoms with Crippen molar-refractivity contribution in [3.8, 4) is 0 Å². The highest BCUT2D eigenvalue weighted by atomic mass is 16.3. The van der Waals surface area contributed by atoms with Gasteiger partial charge in [-0.05, 0) is 12.3 Å². The lowest BCUT2D eigenvalue weighted by Gasteiger charge is -2.48. The van der Waals surface area contributed by atoms with Crippen LogP contribution < -0.4 is 5.73 Å². The van der Waals surface area contributed by atoms with E-state index in [2.05, 4.69) is 0 Å². The first-order valence-corrected chi connectivity index (χ1v) is 4.49. The fourth-order valence-corrected chi connectivity index (χ4v) is 1.21. The fraction of sp³-hybridized carbons (Fsp3) is 1.00. The topological polar surface area (TPSA) is 46.2 Å². The zero-order valence-electron chi connectivity index (χ0n) is 9.23. The second-order valence-corrected chi connectivity index (χ2v) is 5.41. The molecule has 0 aliphatic carbocycles. The number of hydrogen-bond donors (Lipinski definition) is 2. The number of hydrogen-bond acceptors (Lipinski definition) is 2. The molecule has 1 atom stereocenters. The van der Waals surface area contributed by atoms with Crippen molar-refractivity contribution in [1.82, 2.24) is 0 Å². The van der Waals surface area contributed by atoms with E-state index in [4.69, 9.17) is 5.73 Å². The minimum absolute atomic E-state index is 0.143. The van der Waals surface area contributed by atoms with E-state index in [-0.39, 0.29) is 10.8 Å². The minimum atomic E-state index is -0.741. The fourth-order valence-electron chi connectivity index (χ4n) is 1.21. The number of rotatable bonds is 2. The van der Waals surface area contributed by atoms with Crippen molar-refractivity contribution in [1.29, 1.82) is 0 Å².